The second-order valence-electron chi connectivity index (χ2n) is 3.58. The number of benzene rings is 2. The number of phenolic OH excluding ortho intramolecular Hbond substituents is 1. The molecule has 0 saturated carbocycles. The third-order valence-electron chi connectivity index (χ3n) is 2.62. The number of aromatic hydroxyl groups is 1. The number of aliphatic imine (C=N–C) groups is 1. The molecule has 0 spiro atoms. The van der Waals surface area contributed by atoms with Gasteiger partial charge in [-0.25, -0.2) is 0 Å². The molecule has 0 atom stereocenters. The van der Waals surface area contributed by atoms with Crippen LogP contribution in [0.3, 0.4) is 0 Å². The summed E-state index contributed by atoms with van der Waals surface area (Å²) in [5, 5.41) is 14.1. The van der Waals surface area contributed by atoms with Crippen LogP contribution in [0.5, 0.6) is 5.75 Å². The number of phenols is 1. The van der Waals surface area contributed by atoms with E-state index in [1.807, 2.05) is 24.3 Å². The average Bonchev–Trinajstić information content (AvgIpc) is 2.37. The molecule has 1 amide bonds. The molecule has 0 radical (unpaired) electrons. The standard InChI is InChI=1S/C13H12N2O2/c1-14-11-9-6-4-3-5-8(9)7-10(12(11)16)13(17)15-2/h3-7,16H,1H2,2H3,(H,15,17). The van der Waals surface area contributed by atoms with Crippen molar-refractivity contribution < 1.29 is 9.90 Å². The van der Waals surface area contributed by atoms with E-state index in [0.29, 0.717) is 5.69 Å². The zero-order valence-electron chi connectivity index (χ0n) is 9.40. The first kappa shape index (κ1) is 11.1. The van der Waals surface area contributed by atoms with Crippen molar-refractivity contribution >= 4 is 29.1 Å². The lowest BCUT2D eigenvalue weighted by Crippen LogP contribution is -2.17. The van der Waals surface area contributed by atoms with Crippen LogP contribution < -0.4 is 5.32 Å². The summed E-state index contributed by atoms with van der Waals surface area (Å²) in [6.07, 6.45) is 0. The SMILES string of the molecule is C=Nc1c(O)c(C(=O)NC)cc2ccccc12. The van der Waals surface area contributed by atoms with Crippen LogP contribution in [0.15, 0.2) is 35.3 Å². The van der Waals surface area contributed by atoms with Crippen molar-refractivity contribution in [2.45, 2.75) is 0 Å². The summed E-state index contributed by atoms with van der Waals surface area (Å²) >= 11 is 0. The van der Waals surface area contributed by atoms with Gasteiger partial charge in [0.25, 0.3) is 5.91 Å². The smallest absolute Gasteiger partial charge is 0.254 e. The highest BCUT2D eigenvalue weighted by Gasteiger charge is 2.16. The summed E-state index contributed by atoms with van der Waals surface area (Å²) in [5.74, 6) is -0.490. The molecule has 0 heterocycles. The van der Waals surface area contributed by atoms with Crippen molar-refractivity contribution in [3.8, 4) is 5.75 Å². The molecule has 2 aromatic rings. The molecule has 0 aliphatic heterocycles. The summed E-state index contributed by atoms with van der Waals surface area (Å²) in [7, 11) is 1.51. The van der Waals surface area contributed by atoms with Crippen molar-refractivity contribution in [3.05, 3.63) is 35.9 Å². The number of carbonyl (C=O) groups is 1. The number of fused-ring (bicyclic) bond motifs is 1. The molecule has 4 nitrogen and oxygen atoms in total. The largest absolute Gasteiger partial charge is 0.505 e. The maximum Gasteiger partial charge on any atom is 0.254 e. The topological polar surface area (TPSA) is 61.7 Å². The maximum absolute atomic E-state index is 11.6. The third kappa shape index (κ3) is 1.73. The summed E-state index contributed by atoms with van der Waals surface area (Å²) in [4.78, 5) is 15.4. The fraction of sp³-hybridized carbons (Fsp3) is 0.0769. The Morgan fingerprint density at radius 1 is 1.41 bits per heavy atom. The first-order valence-electron chi connectivity index (χ1n) is 5.12. The molecule has 2 N–H and O–H groups in total. The monoisotopic (exact) mass is 228 g/mol. The van der Waals surface area contributed by atoms with Crippen LogP contribution in [0.2, 0.25) is 0 Å². The van der Waals surface area contributed by atoms with Gasteiger partial charge in [-0.3, -0.25) is 9.79 Å². The van der Waals surface area contributed by atoms with Gasteiger partial charge >= 0.3 is 0 Å². The van der Waals surface area contributed by atoms with Crippen molar-refractivity contribution in [2.75, 3.05) is 7.05 Å². The van der Waals surface area contributed by atoms with Gasteiger partial charge in [0.2, 0.25) is 0 Å². The van der Waals surface area contributed by atoms with E-state index in [0.717, 1.165) is 10.8 Å². The summed E-state index contributed by atoms with van der Waals surface area (Å²) < 4.78 is 0. The molecule has 0 fully saturated rings. The van der Waals surface area contributed by atoms with E-state index in [1.54, 1.807) is 6.07 Å². The van der Waals surface area contributed by atoms with Gasteiger partial charge in [-0.1, -0.05) is 24.3 Å². The molecule has 0 aliphatic carbocycles. The number of nitrogens with zero attached hydrogens (tertiary/aromatic N) is 1. The Labute approximate surface area is 98.6 Å². The number of carbonyl (C=O) groups excluding carboxylic acids is 1. The van der Waals surface area contributed by atoms with E-state index in [4.69, 9.17) is 0 Å². The average molecular weight is 228 g/mol. The van der Waals surface area contributed by atoms with Crippen LogP contribution in [-0.4, -0.2) is 24.8 Å². The fourth-order valence-corrected chi connectivity index (χ4v) is 1.79. The Morgan fingerprint density at radius 2 is 2.12 bits per heavy atom. The van der Waals surface area contributed by atoms with Crippen molar-refractivity contribution in [1.82, 2.24) is 5.32 Å². The molecular weight excluding hydrogens is 216 g/mol. The molecule has 2 rings (SSSR count). The van der Waals surface area contributed by atoms with E-state index >= 15 is 0 Å². The van der Waals surface area contributed by atoms with E-state index in [-0.39, 0.29) is 17.2 Å². The minimum Gasteiger partial charge on any atom is -0.505 e. The predicted molar refractivity (Wildman–Crippen MR) is 68.2 cm³/mol. The lowest BCUT2D eigenvalue weighted by atomic mass is 10.0. The van der Waals surface area contributed by atoms with E-state index in [9.17, 15) is 9.90 Å². The molecule has 2 aromatic carbocycles. The number of hydrogen-bond donors (Lipinski definition) is 2. The first-order chi connectivity index (χ1) is 8.19. The number of amides is 1. The Morgan fingerprint density at radius 3 is 2.76 bits per heavy atom. The predicted octanol–water partition coefficient (Wildman–Crippen LogP) is 2.24. The van der Waals surface area contributed by atoms with E-state index < -0.39 is 0 Å². The summed E-state index contributed by atoms with van der Waals surface area (Å²) in [6.45, 7) is 3.43. The van der Waals surface area contributed by atoms with Gasteiger partial charge in [-0.05, 0) is 18.2 Å². The Kier molecular flexibility index (Phi) is 2.78. The first-order valence-corrected chi connectivity index (χ1v) is 5.12. The highest BCUT2D eigenvalue weighted by molar-refractivity contribution is 6.06. The number of rotatable bonds is 2. The van der Waals surface area contributed by atoms with Crippen LogP contribution in [-0.2, 0) is 0 Å². The van der Waals surface area contributed by atoms with Crippen LogP contribution in [0, 0.1) is 0 Å². The summed E-state index contributed by atoms with van der Waals surface area (Å²) in [6, 6.07) is 9.02. The van der Waals surface area contributed by atoms with Crippen LogP contribution in [0.1, 0.15) is 10.4 Å². The van der Waals surface area contributed by atoms with Crippen LogP contribution >= 0.6 is 0 Å². The van der Waals surface area contributed by atoms with Crippen molar-refractivity contribution in [1.29, 1.82) is 0 Å². The quantitative estimate of drug-likeness (QED) is 0.774. The van der Waals surface area contributed by atoms with Gasteiger partial charge in [-0.2, -0.15) is 0 Å². The molecule has 0 aliphatic rings. The van der Waals surface area contributed by atoms with E-state index in [1.165, 1.54) is 7.05 Å². The van der Waals surface area contributed by atoms with Crippen LogP contribution in [0.4, 0.5) is 5.69 Å². The molecule has 86 valence electrons. The van der Waals surface area contributed by atoms with Gasteiger partial charge in [0.05, 0.1) is 5.56 Å². The highest BCUT2D eigenvalue weighted by atomic mass is 16.3. The molecule has 4 heteroatoms. The summed E-state index contributed by atoms with van der Waals surface area (Å²) in [5.41, 5.74) is 0.537. The second kappa shape index (κ2) is 4.25. The Balaban J connectivity index is 2.84. The van der Waals surface area contributed by atoms with Crippen molar-refractivity contribution in [3.63, 3.8) is 0 Å². The van der Waals surface area contributed by atoms with E-state index in [2.05, 4.69) is 17.0 Å². The van der Waals surface area contributed by atoms with Crippen LogP contribution in [0.25, 0.3) is 10.8 Å². The zero-order valence-corrected chi connectivity index (χ0v) is 9.40. The van der Waals surface area contributed by atoms with Gasteiger partial charge < -0.3 is 10.4 Å². The fourth-order valence-electron chi connectivity index (χ4n) is 1.79. The number of hydrogen-bond acceptors (Lipinski definition) is 3. The minimum atomic E-state index is -0.349. The van der Waals surface area contributed by atoms with Gasteiger partial charge in [0, 0.05) is 12.4 Å². The molecule has 0 saturated heterocycles. The highest BCUT2D eigenvalue weighted by Crippen LogP contribution is 2.37. The Bertz CT molecular complexity index is 606. The third-order valence-corrected chi connectivity index (χ3v) is 2.62. The maximum atomic E-state index is 11.6. The van der Waals surface area contributed by atoms with Gasteiger partial charge in [-0.15, -0.1) is 0 Å². The van der Waals surface area contributed by atoms with Gasteiger partial charge in [0.1, 0.15) is 5.69 Å². The van der Waals surface area contributed by atoms with Crippen molar-refractivity contribution in [2.24, 2.45) is 4.99 Å². The minimum absolute atomic E-state index is 0.141. The molecule has 17 heavy (non-hydrogen) atoms. The lowest BCUT2D eigenvalue weighted by Gasteiger charge is -2.09. The number of nitrogens with one attached hydrogen (secondary N) is 1. The zero-order chi connectivity index (χ0) is 12.4. The molecule has 0 unspecified atom stereocenters. The second-order valence-corrected chi connectivity index (χ2v) is 3.58. The lowest BCUT2D eigenvalue weighted by molar-refractivity contribution is 0.0960. The molecule has 0 aromatic heterocycles. The normalized spacial score (nSPS) is 10.2. The molecule has 0 bridgehead atoms. The van der Waals surface area contributed by atoms with Gasteiger partial charge in [0.15, 0.2) is 5.75 Å². The Hall–Kier alpha value is -2.36. The molecular formula is C13H12N2O2.